The molecule has 3 rings (SSSR count). The van der Waals surface area contributed by atoms with Gasteiger partial charge in [0.25, 0.3) is 5.91 Å². The van der Waals surface area contributed by atoms with Crippen molar-refractivity contribution in [2.45, 2.75) is 43.0 Å². The molecule has 1 saturated carbocycles. The Hall–Kier alpha value is -1.94. The van der Waals surface area contributed by atoms with E-state index in [1.165, 1.54) is 12.1 Å². The Balaban J connectivity index is 1.61. The van der Waals surface area contributed by atoms with Crippen molar-refractivity contribution in [2.75, 3.05) is 25.6 Å². The molecule has 0 atom stereocenters. The average molecular weight is 511 g/mol. The number of carbonyl (C=O) groups excluding carboxylic acids is 1. The molecule has 1 amide bonds. The van der Waals surface area contributed by atoms with Gasteiger partial charge in [0.05, 0.1) is 16.0 Å². The average Bonchev–Trinajstić information content (AvgIpc) is 2.76. The van der Waals surface area contributed by atoms with Gasteiger partial charge in [0.2, 0.25) is 10.0 Å². The lowest BCUT2D eigenvalue weighted by Gasteiger charge is -2.22. The first-order valence-corrected chi connectivity index (χ1v) is 12.5. The molecule has 0 bridgehead atoms. The Kier molecular flexibility index (Phi) is 8.48. The highest BCUT2D eigenvalue weighted by Gasteiger charge is 2.21. The van der Waals surface area contributed by atoms with Gasteiger partial charge in [0.15, 0.2) is 0 Å². The minimum atomic E-state index is -3.57. The number of benzene rings is 2. The van der Waals surface area contributed by atoms with Crippen LogP contribution in [-0.2, 0) is 14.8 Å². The number of halogens is 1. The van der Waals surface area contributed by atoms with Crippen molar-refractivity contribution in [3.05, 3.63) is 52.5 Å². The quantitative estimate of drug-likeness (QED) is 0.489. The summed E-state index contributed by atoms with van der Waals surface area (Å²) >= 11 is 3.41. The van der Waals surface area contributed by atoms with E-state index in [0.717, 1.165) is 32.1 Å². The number of ether oxygens (including phenoxy) is 2. The molecule has 0 spiro atoms. The lowest BCUT2D eigenvalue weighted by atomic mass is 9.96. The number of sulfonamides is 1. The first-order valence-electron chi connectivity index (χ1n) is 10.2. The highest BCUT2D eigenvalue weighted by Crippen LogP contribution is 2.27. The molecule has 0 unspecified atom stereocenters. The van der Waals surface area contributed by atoms with Crippen LogP contribution in [0.4, 0.5) is 5.69 Å². The van der Waals surface area contributed by atoms with Gasteiger partial charge >= 0.3 is 0 Å². The van der Waals surface area contributed by atoms with Crippen molar-refractivity contribution in [2.24, 2.45) is 0 Å². The highest BCUT2D eigenvalue weighted by atomic mass is 79.9. The van der Waals surface area contributed by atoms with Gasteiger partial charge in [-0.05, 0) is 71.2 Å². The standard InChI is InChI=1S/C22H27BrN2O5S/c1-29-13-14-30-21-12-7-16(15-20(21)23)22(26)24-17-8-10-19(11-9-17)31(27,28)25-18-5-3-2-4-6-18/h7-12,15,18,25H,2-6,13-14H2,1H3,(H,24,26). The molecule has 1 fully saturated rings. The van der Waals surface area contributed by atoms with Crippen LogP contribution in [-0.4, -0.2) is 40.7 Å². The first-order chi connectivity index (χ1) is 14.9. The molecule has 1 aliphatic rings. The Morgan fingerprint density at radius 1 is 1.06 bits per heavy atom. The molecular weight excluding hydrogens is 484 g/mol. The zero-order valence-corrected chi connectivity index (χ0v) is 19.8. The maximum absolute atomic E-state index is 12.6. The first kappa shape index (κ1) is 23.7. The van der Waals surface area contributed by atoms with E-state index in [4.69, 9.17) is 9.47 Å². The van der Waals surface area contributed by atoms with Crippen LogP contribution in [0.3, 0.4) is 0 Å². The van der Waals surface area contributed by atoms with E-state index in [1.807, 2.05) is 0 Å². The number of carbonyl (C=O) groups is 1. The molecule has 0 aliphatic heterocycles. The summed E-state index contributed by atoms with van der Waals surface area (Å²) in [6.45, 7) is 0.877. The number of nitrogens with one attached hydrogen (secondary N) is 2. The predicted octanol–water partition coefficient (Wildman–Crippen LogP) is 4.34. The van der Waals surface area contributed by atoms with Crippen LogP contribution in [0.5, 0.6) is 5.75 Å². The highest BCUT2D eigenvalue weighted by molar-refractivity contribution is 9.10. The number of hydrogen-bond acceptors (Lipinski definition) is 5. The second-order valence-corrected chi connectivity index (χ2v) is 9.99. The smallest absolute Gasteiger partial charge is 0.255 e. The fraction of sp³-hybridized carbons (Fsp3) is 0.409. The van der Waals surface area contributed by atoms with E-state index in [9.17, 15) is 13.2 Å². The maximum atomic E-state index is 12.6. The third kappa shape index (κ3) is 6.77. The number of amides is 1. The van der Waals surface area contributed by atoms with Gasteiger partial charge in [0.1, 0.15) is 12.4 Å². The molecular formula is C22H27BrN2O5S. The Morgan fingerprint density at radius 3 is 2.42 bits per heavy atom. The molecule has 1 aliphatic carbocycles. The van der Waals surface area contributed by atoms with Gasteiger partial charge in [-0.2, -0.15) is 0 Å². The van der Waals surface area contributed by atoms with E-state index >= 15 is 0 Å². The van der Waals surface area contributed by atoms with Crippen molar-refractivity contribution in [1.29, 1.82) is 0 Å². The molecule has 0 saturated heterocycles. The van der Waals surface area contributed by atoms with E-state index in [-0.39, 0.29) is 16.8 Å². The van der Waals surface area contributed by atoms with Gasteiger partial charge in [-0.3, -0.25) is 4.79 Å². The zero-order chi connectivity index (χ0) is 22.3. The van der Waals surface area contributed by atoms with Gasteiger partial charge in [-0.25, -0.2) is 13.1 Å². The second kappa shape index (κ2) is 11.1. The summed E-state index contributed by atoms with van der Waals surface area (Å²) in [5, 5.41) is 2.78. The van der Waals surface area contributed by atoms with Crippen LogP contribution in [0.25, 0.3) is 0 Å². The van der Waals surface area contributed by atoms with Gasteiger partial charge < -0.3 is 14.8 Å². The maximum Gasteiger partial charge on any atom is 0.255 e. The summed E-state index contributed by atoms with van der Waals surface area (Å²) < 4.78 is 39.2. The molecule has 0 heterocycles. The Bertz CT molecular complexity index is 989. The fourth-order valence-corrected chi connectivity index (χ4v) is 5.22. The summed E-state index contributed by atoms with van der Waals surface area (Å²) in [5.74, 6) is 0.314. The van der Waals surface area contributed by atoms with Crippen LogP contribution in [0.15, 0.2) is 51.8 Å². The minimum absolute atomic E-state index is 0.00183. The topological polar surface area (TPSA) is 93.7 Å². The van der Waals surface area contributed by atoms with Gasteiger partial charge in [-0.15, -0.1) is 0 Å². The molecule has 7 nitrogen and oxygen atoms in total. The summed E-state index contributed by atoms with van der Waals surface area (Å²) in [7, 11) is -1.97. The molecule has 2 N–H and O–H groups in total. The molecule has 2 aromatic rings. The molecule has 2 aromatic carbocycles. The lowest BCUT2D eigenvalue weighted by molar-refractivity contribution is 0.102. The van der Waals surface area contributed by atoms with Crippen molar-refractivity contribution in [3.8, 4) is 5.75 Å². The SMILES string of the molecule is COCCOc1ccc(C(=O)Nc2ccc(S(=O)(=O)NC3CCCCC3)cc2)cc1Br. The van der Waals surface area contributed by atoms with Gasteiger partial charge in [-0.1, -0.05) is 19.3 Å². The predicted molar refractivity (Wildman–Crippen MR) is 123 cm³/mol. The van der Waals surface area contributed by atoms with Crippen molar-refractivity contribution in [1.82, 2.24) is 4.72 Å². The zero-order valence-electron chi connectivity index (χ0n) is 17.4. The summed E-state index contributed by atoms with van der Waals surface area (Å²) in [6, 6.07) is 11.2. The third-order valence-electron chi connectivity index (χ3n) is 5.09. The van der Waals surface area contributed by atoms with Crippen LogP contribution in [0, 0.1) is 0 Å². The molecule has 0 aromatic heterocycles. The van der Waals surface area contributed by atoms with E-state index in [0.29, 0.717) is 34.7 Å². The van der Waals surface area contributed by atoms with Crippen molar-refractivity contribution < 1.29 is 22.7 Å². The monoisotopic (exact) mass is 510 g/mol. The molecule has 9 heteroatoms. The summed E-state index contributed by atoms with van der Waals surface area (Å²) in [6.07, 6.45) is 5.01. The number of hydrogen-bond donors (Lipinski definition) is 2. The second-order valence-electron chi connectivity index (χ2n) is 7.42. The van der Waals surface area contributed by atoms with Gasteiger partial charge in [0, 0.05) is 24.4 Å². The Labute approximate surface area is 191 Å². The van der Waals surface area contributed by atoms with Crippen LogP contribution in [0.2, 0.25) is 0 Å². The van der Waals surface area contributed by atoms with Crippen LogP contribution < -0.4 is 14.8 Å². The minimum Gasteiger partial charge on any atom is -0.490 e. The number of methoxy groups -OCH3 is 1. The third-order valence-corrected chi connectivity index (χ3v) is 7.24. The van der Waals surface area contributed by atoms with Crippen molar-refractivity contribution >= 4 is 37.5 Å². The fourth-order valence-electron chi connectivity index (χ4n) is 3.42. The number of rotatable bonds is 9. The Morgan fingerprint density at radius 2 is 1.77 bits per heavy atom. The normalized spacial score (nSPS) is 14.9. The summed E-state index contributed by atoms with van der Waals surface area (Å²) in [5.41, 5.74) is 0.958. The van der Waals surface area contributed by atoms with E-state index < -0.39 is 10.0 Å². The molecule has 31 heavy (non-hydrogen) atoms. The summed E-state index contributed by atoms with van der Waals surface area (Å²) in [4.78, 5) is 12.8. The van der Waals surface area contributed by atoms with E-state index in [2.05, 4.69) is 26.0 Å². The van der Waals surface area contributed by atoms with E-state index in [1.54, 1.807) is 37.4 Å². The number of anilines is 1. The van der Waals surface area contributed by atoms with Crippen LogP contribution in [0.1, 0.15) is 42.5 Å². The van der Waals surface area contributed by atoms with Crippen LogP contribution >= 0.6 is 15.9 Å². The lowest BCUT2D eigenvalue weighted by Crippen LogP contribution is -2.36. The molecule has 168 valence electrons. The van der Waals surface area contributed by atoms with Crippen molar-refractivity contribution in [3.63, 3.8) is 0 Å². The largest absolute Gasteiger partial charge is 0.490 e. The molecule has 0 radical (unpaired) electrons.